The normalized spacial score (nSPS) is 22.6. The molecule has 1 fully saturated rings. The molecule has 1 spiro atoms. The van der Waals surface area contributed by atoms with Crippen molar-refractivity contribution in [3.05, 3.63) is 46.7 Å². The van der Waals surface area contributed by atoms with E-state index in [0.29, 0.717) is 36.6 Å². The Labute approximate surface area is 225 Å². The first-order valence-electron chi connectivity index (χ1n) is 13.6. The van der Waals surface area contributed by atoms with Crippen LogP contribution < -0.4 is 15.2 Å². The van der Waals surface area contributed by atoms with Crippen LogP contribution in [0.2, 0.25) is 0 Å². The molecule has 3 aliphatic rings. The van der Waals surface area contributed by atoms with Crippen LogP contribution in [-0.2, 0) is 25.5 Å². The van der Waals surface area contributed by atoms with Crippen LogP contribution in [0.4, 0.5) is 0 Å². The van der Waals surface area contributed by atoms with E-state index in [2.05, 4.69) is 6.08 Å². The van der Waals surface area contributed by atoms with Gasteiger partial charge in [-0.2, -0.15) is 0 Å². The van der Waals surface area contributed by atoms with E-state index >= 15 is 0 Å². The molecule has 3 atom stereocenters. The summed E-state index contributed by atoms with van der Waals surface area (Å²) < 4.78 is 23.3. The van der Waals surface area contributed by atoms with Crippen molar-refractivity contribution in [3.63, 3.8) is 0 Å². The summed E-state index contributed by atoms with van der Waals surface area (Å²) in [7, 11) is 1.58. The fraction of sp³-hybridized carbons (Fsp3) is 0.600. The van der Waals surface area contributed by atoms with Gasteiger partial charge in [-0.05, 0) is 88.8 Å². The van der Waals surface area contributed by atoms with Gasteiger partial charge in [-0.15, -0.1) is 0 Å². The molecule has 2 aliphatic carbocycles. The van der Waals surface area contributed by atoms with Gasteiger partial charge in [-0.3, -0.25) is 4.79 Å². The van der Waals surface area contributed by atoms with Gasteiger partial charge in [0, 0.05) is 17.8 Å². The van der Waals surface area contributed by atoms with Gasteiger partial charge in [0.15, 0.2) is 23.2 Å². The van der Waals surface area contributed by atoms with Crippen molar-refractivity contribution in [1.29, 1.82) is 0 Å². The topological polar surface area (TPSA) is 117 Å². The summed E-state index contributed by atoms with van der Waals surface area (Å²) in [5.74, 6) is 0.568. The van der Waals surface area contributed by atoms with E-state index in [1.54, 1.807) is 7.11 Å². The molecule has 1 aromatic rings. The number of rotatable bonds is 11. The molecule has 3 N–H and O–H groups in total. The summed E-state index contributed by atoms with van der Waals surface area (Å²) in [6.07, 6.45) is 8.12. The van der Waals surface area contributed by atoms with Crippen molar-refractivity contribution in [2.75, 3.05) is 20.4 Å². The summed E-state index contributed by atoms with van der Waals surface area (Å²) in [5, 5.41) is 11.4. The first-order chi connectivity index (χ1) is 18.1. The van der Waals surface area contributed by atoms with E-state index in [0.717, 1.165) is 42.4 Å². The lowest BCUT2D eigenvalue weighted by atomic mass is 9.71. The summed E-state index contributed by atoms with van der Waals surface area (Å²) in [5.41, 5.74) is 6.87. The largest absolute Gasteiger partial charge is 0.497 e. The SMILES string of the molecule is COC1=CC2(CCCC2)C(c2cc3c(cc2CCN)OCO3)C1OC(=O)C(O)(CCC=C(C)C)CC(C)=O. The number of nitrogens with two attached hydrogens (primary N) is 1. The van der Waals surface area contributed by atoms with E-state index < -0.39 is 17.7 Å². The number of aliphatic hydroxyl groups is 1. The van der Waals surface area contributed by atoms with E-state index in [9.17, 15) is 14.7 Å². The zero-order valence-electron chi connectivity index (χ0n) is 23.0. The van der Waals surface area contributed by atoms with Crippen LogP contribution in [0.25, 0.3) is 0 Å². The summed E-state index contributed by atoms with van der Waals surface area (Å²) in [4.78, 5) is 25.8. The number of esters is 1. The monoisotopic (exact) mass is 527 g/mol. The first kappa shape index (κ1) is 28.2. The second-order valence-electron chi connectivity index (χ2n) is 11.2. The number of Topliss-reactive ketones (excluding diaryl/α,β-unsaturated/α-hetero) is 1. The third-order valence-electron chi connectivity index (χ3n) is 8.05. The molecular weight excluding hydrogens is 486 g/mol. The molecular formula is C30H41NO7. The van der Waals surface area contributed by atoms with Gasteiger partial charge in [0.2, 0.25) is 6.79 Å². The van der Waals surface area contributed by atoms with Crippen molar-refractivity contribution in [2.24, 2.45) is 11.1 Å². The molecule has 8 nitrogen and oxygen atoms in total. The third kappa shape index (κ3) is 5.61. The minimum absolute atomic E-state index is 0.0909. The van der Waals surface area contributed by atoms with Crippen molar-refractivity contribution in [3.8, 4) is 11.5 Å². The van der Waals surface area contributed by atoms with Crippen LogP contribution in [0.1, 0.15) is 82.8 Å². The molecule has 1 saturated carbocycles. The quantitative estimate of drug-likeness (QED) is 0.320. The molecule has 0 saturated heterocycles. The maximum Gasteiger partial charge on any atom is 0.339 e. The van der Waals surface area contributed by atoms with Crippen LogP contribution in [0.5, 0.6) is 11.5 Å². The number of fused-ring (bicyclic) bond motifs is 1. The van der Waals surface area contributed by atoms with Gasteiger partial charge in [-0.1, -0.05) is 24.5 Å². The van der Waals surface area contributed by atoms with Crippen LogP contribution in [-0.4, -0.2) is 49.0 Å². The van der Waals surface area contributed by atoms with E-state index in [1.165, 1.54) is 6.92 Å². The molecule has 208 valence electrons. The molecule has 1 heterocycles. The molecule has 1 aromatic carbocycles. The molecule has 0 bridgehead atoms. The van der Waals surface area contributed by atoms with E-state index in [-0.39, 0.29) is 36.8 Å². The molecule has 38 heavy (non-hydrogen) atoms. The number of benzene rings is 1. The lowest BCUT2D eigenvalue weighted by Gasteiger charge is -2.36. The Morgan fingerprint density at radius 2 is 1.87 bits per heavy atom. The fourth-order valence-electron chi connectivity index (χ4n) is 6.34. The summed E-state index contributed by atoms with van der Waals surface area (Å²) >= 11 is 0. The van der Waals surface area contributed by atoms with Crippen molar-refractivity contribution >= 4 is 11.8 Å². The zero-order valence-corrected chi connectivity index (χ0v) is 23.0. The number of ketones is 1. The van der Waals surface area contributed by atoms with Gasteiger partial charge >= 0.3 is 5.97 Å². The van der Waals surface area contributed by atoms with Crippen LogP contribution >= 0.6 is 0 Å². The molecule has 1 aliphatic heterocycles. The maximum absolute atomic E-state index is 13.7. The average Bonchev–Trinajstić information content (AvgIpc) is 3.57. The van der Waals surface area contributed by atoms with Crippen LogP contribution in [0.15, 0.2) is 35.6 Å². The Morgan fingerprint density at radius 3 is 2.47 bits per heavy atom. The van der Waals surface area contributed by atoms with Gasteiger partial charge in [0.1, 0.15) is 11.5 Å². The van der Waals surface area contributed by atoms with Gasteiger partial charge in [0.05, 0.1) is 7.11 Å². The Balaban J connectivity index is 1.74. The van der Waals surface area contributed by atoms with Crippen molar-refractivity contribution in [2.45, 2.75) is 89.8 Å². The zero-order chi connectivity index (χ0) is 27.5. The van der Waals surface area contributed by atoms with Crippen molar-refractivity contribution in [1.82, 2.24) is 0 Å². The number of ether oxygens (including phenoxy) is 4. The lowest BCUT2D eigenvalue weighted by Crippen LogP contribution is -2.45. The van der Waals surface area contributed by atoms with Crippen LogP contribution in [0, 0.1) is 5.41 Å². The highest BCUT2D eigenvalue weighted by Gasteiger charge is 2.55. The van der Waals surface area contributed by atoms with Gasteiger partial charge < -0.3 is 29.8 Å². The maximum atomic E-state index is 13.7. The number of allylic oxidation sites excluding steroid dienone is 3. The Bertz CT molecular complexity index is 1110. The second kappa shape index (κ2) is 11.5. The van der Waals surface area contributed by atoms with E-state index in [1.807, 2.05) is 32.1 Å². The fourth-order valence-corrected chi connectivity index (χ4v) is 6.34. The van der Waals surface area contributed by atoms with Crippen LogP contribution in [0.3, 0.4) is 0 Å². The number of carbonyl (C=O) groups is 2. The molecule has 0 aromatic heterocycles. The second-order valence-corrected chi connectivity index (χ2v) is 11.2. The highest BCUT2D eigenvalue weighted by atomic mass is 16.7. The van der Waals surface area contributed by atoms with Crippen molar-refractivity contribution < 1.29 is 33.6 Å². The number of methoxy groups -OCH3 is 1. The minimum Gasteiger partial charge on any atom is -0.497 e. The highest BCUT2D eigenvalue weighted by molar-refractivity contribution is 5.88. The highest BCUT2D eigenvalue weighted by Crippen LogP contribution is 2.59. The number of hydrogen-bond donors (Lipinski definition) is 2. The molecule has 8 heteroatoms. The Hall–Kier alpha value is -2.84. The predicted octanol–water partition coefficient (Wildman–Crippen LogP) is 4.47. The lowest BCUT2D eigenvalue weighted by molar-refractivity contribution is -0.175. The molecule has 0 radical (unpaired) electrons. The summed E-state index contributed by atoms with van der Waals surface area (Å²) in [6, 6.07) is 3.96. The molecule has 3 unspecified atom stereocenters. The number of carbonyl (C=O) groups excluding carboxylic acids is 2. The van der Waals surface area contributed by atoms with E-state index in [4.69, 9.17) is 24.7 Å². The standard InChI is InChI=1S/C30H41NO7/c1-19(2)8-7-12-30(34,16-20(3)32)28(33)38-27-25(35-4)17-29(10-5-6-11-29)26(27)22-15-24-23(36-18-37-24)14-21(22)9-13-31/h8,14-15,17,26-27,34H,5-7,9-13,16,18,31H2,1-4H3. The minimum atomic E-state index is -1.93. The number of hydrogen-bond acceptors (Lipinski definition) is 8. The molecule has 0 amide bonds. The first-order valence-corrected chi connectivity index (χ1v) is 13.6. The third-order valence-corrected chi connectivity index (χ3v) is 8.05. The Kier molecular flexibility index (Phi) is 8.52. The average molecular weight is 528 g/mol. The molecule has 4 rings (SSSR count). The summed E-state index contributed by atoms with van der Waals surface area (Å²) in [6.45, 7) is 5.88. The predicted molar refractivity (Wildman–Crippen MR) is 143 cm³/mol. The Morgan fingerprint density at radius 1 is 1.18 bits per heavy atom. The van der Waals surface area contributed by atoms with Gasteiger partial charge in [0.25, 0.3) is 0 Å². The van der Waals surface area contributed by atoms with Gasteiger partial charge in [-0.25, -0.2) is 4.79 Å². The smallest absolute Gasteiger partial charge is 0.339 e.